The lowest BCUT2D eigenvalue weighted by molar-refractivity contribution is 0.235. The van der Waals surface area contributed by atoms with Crippen molar-refractivity contribution in [3.8, 4) is 6.07 Å². The normalized spacial score (nSPS) is 25.9. The predicted octanol–water partition coefficient (Wildman–Crippen LogP) is 1.13. The second-order valence-corrected chi connectivity index (χ2v) is 4.74. The SMILES string of the molecule is N#Cc1ccc2c(c1)CC1(CC2)COC(N)=N1. The van der Waals surface area contributed by atoms with Crippen molar-refractivity contribution in [2.24, 2.45) is 10.7 Å². The van der Waals surface area contributed by atoms with Gasteiger partial charge in [-0.2, -0.15) is 5.26 Å². The van der Waals surface area contributed by atoms with Crippen LogP contribution in [0.3, 0.4) is 0 Å². The highest BCUT2D eigenvalue weighted by molar-refractivity contribution is 5.74. The van der Waals surface area contributed by atoms with Crippen LogP contribution < -0.4 is 5.73 Å². The van der Waals surface area contributed by atoms with Gasteiger partial charge in [0.15, 0.2) is 0 Å². The molecule has 1 heterocycles. The summed E-state index contributed by atoms with van der Waals surface area (Å²) in [4.78, 5) is 4.42. The van der Waals surface area contributed by atoms with Gasteiger partial charge in [-0.3, -0.25) is 0 Å². The minimum absolute atomic E-state index is 0.189. The van der Waals surface area contributed by atoms with Gasteiger partial charge < -0.3 is 10.5 Å². The molecule has 0 radical (unpaired) electrons. The molecule has 1 aromatic rings. The highest BCUT2D eigenvalue weighted by Crippen LogP contribution is 2.34. The Hall–Kier alpha value is -2.02. The Morgan fingerprint density at radius 3 is 3.00 bits per heavy atom. The van der Waals surface area contributed by atoms with Crippen molar-refractivity contribution in [2.75, 3.05) is 6.61 Å². The Kier molecular flexibility index (Phi) is 2.08. The van der Waals surface area contributed by atoms with E-state index < -0.39 is 0 Å². The van der Waals surface area contributed by atoms with E-state index in [2.05, 4.69) is 11.1 Å². The summed E-state index contributed by atoms with van der Waals surface area (Å²) in [5.41, 5.74) is 8.63. The number of hydrogen-bond donors (Lipinski definition) is 1. The molecule has 4 heteroatoms. The Balaban J connectivity index is 1.97. The first-order valence-corrected chi connectivity index (χ1v) is 5.71. The molecule has 0 fully saturated rings. The second-order valence-electron chi connectivity index (χ2n) is 4.74. The molecule has 3 rings (SSSR count). The Morgan fingerprint density at radius 1 is 1.41 bits per heavy atom. The van der Waals surface area contributed by atoms with Gasteiger partial charge in [0.2, 0.25) is 0 Å². The van der Waals surface area contributed by atoms with E-state index in [4.69, 9.17) is 15.7 Å². The summed E-state index contributed by atoms with van der Waals surface area (Å²) in [5, 5.41) is 8.92. The quantitative estimate of drug-likeness (QED) is 0.722. The van der Waals surface area contributed by atoms with E-state index in [0.29, 0.717) is 18.2 Å². The zero-order chi connectivity index (χ0) is 11.9. The van der Waals surface area contributed by atoms with Gasteiger partial charge in [-0.1, -0.05) is 6.07 Å². The number of nitrogens with zero attached hydrogens (tertiary/aromatic N) is 2. The summed E-state index contributed by atoms with van der Waals surface area (Å²) in [6.07, 6.45) is 2.76. The second kappa shape index (κ2) is 3.49. The van der Waals surface area contributed by atoms with Gasteiger partial charge in [0, 0.05) is 6.42 Å². The maximum Gasteiger partial charge on any atom is 0.282 e. The van der Waals surface area contributed by atoms with Crippen molar-refractivity contribution in [3.63, 3.8) is 0 Å². The molecule has 0 saturated heterocycles. The van der Waals surface area contributed by atoms with Crippen molar-refractivity contribution in [3.05, 3.63) is 34.9 Å². The Labute approximate surface area is 99.7 Å². The molecule has 0 aromatic heterocycles. The first-order chi connectivity index (χ1) is 8.21. The van der Waals surface area contributed by atoms with Crippen LogP contribution in [0.1, 0.15) is 23.1 Å². The first kappa shape index (κ1) is 10.2. The van der Waals surface area contributed by atoms with Gasteiger partial charge in [0.05, 0.1) is 11.6 Å². The van der Waals surface area contributed by atoms with Gasteiger partial charge in [0.1, 0.15) is 12.1 Å². The molecule has 1 spiro atoms. The van der Waals surface area contributed by atoms with Crippen molar-refractivity contribution in [2.45, 2.75) is 24.8 Å². The average Bonchev–Trinajstić information content (AvgIpc) is 2.69. The third kappa shape index (κ3) is 1.64. The van der Waals surface area contributed by atoms with E-state index in [-0.39, 0.29) is 5.54 Å². The van der Waals surface area contributed by atoms with Gasteiger partial charge >= 0.3 is 0 Å². The number of benzene rings is 1. The molecule has 1 aromatic carbocycles. The number of rotatable bonds is 0. The van der Waals surface area contributed by atoms with Crippen LogP contribution in [0.15, 0.2) is 23.2 Å². The number of amidine groups is 1. The molecule has 86 valence electrons. The molecule has 0 bridgehead atoms. The topological polar surface area (TPSA) is 71.4 Å². The van der Waals surface area contributed by atoms with E-state index in [1.807, 2.05) is 18.2 Å². The maximum atomic E-state index is 8.92. The fourth-order valence-corrected chi connectivity index (χ4v) is 2.64. The summed E-state index contributed by atoms with van der Waals surface area (Å²) >= 11 is 0. The minimum Gasteiger partial charge on any atom is -0.463 e. The molecule has 0 amide bonds. The number of ether oxygens (including phenoxy) is 1. The first-order valence-electron chi connectivity index (χ1n) is 5.71. The standard InChI is InChI=1S/C13H13N3O/c14-7-9-1-2-10-3-4-13(6-11(10)5-9)8-17-12(15)16-13/h1-2,5H,3-4,6,8H2,(H2,15,16). The molecular weight excluding hydrogens is 214 g/mol. The van der Waals surface area contributed by atoms with Crippen LogP contribution >= 0.6 is 0 Å². The largest absolute Gasteiger partial charge is 0.463 e. The van der Waals surface area contributed by atoms with Crippen LogP contribution in [0.5, 0.6) is 0 Å². The molecule has 1 atom stereocenters. The zero-order valence-electron chi connectivity index (χ0n) is 9.44. The summed E-state index contributed by atoms with van der Waals surface area (Å²) < 4.78 is 5.28. The third-order valence-corrected chi connectivity index (χ3v) is 3.55. The molecular formula is C13H13N3O. The van der Waals surface area contributed by atoms with E-state index in [1.165, 1.54) is 11.1 Å². The van der Waals surface area contributed by atoms with Crippen LogP contribution in [0, 0.1) is 11.3 Å². The van der Waals surface area contributed by atoms with Crippen LogP contribution in [-0.2, 0) is 17.6 Å². The average molecular weight is 227 g/mol. The van der Waals surface area contributed by atoms with E-state index in [0.717, 1.165) is 19.3 Å². The summed E-state index contributed by atoms with van der Waals surface area (Å²) in [7, 11) is 0. The van der Waals surface area contributed by atoms with Crippen LogP contribution in [0.2, 0.25) is 0 Å². The van der Waals surface area contributed by atoms with Crippen molar-refractivity contribution in [1.82, 2.24) is 0 Å². The number of nitriles is 1. The summed E-state index contributed by atoms with van der Waals surface area (Å²) in [5.74, 6) is 0. The fraction of sp³-hybridized carbons (Fsp3) is 0.385. The Morgan fingerprint density at radius 2 is 2.29 bits per heavy atom. The molecule has 1 aliphatic heterocycles. The fourth-order valence-electron chi connectivity index (χ4n) is 2.64. The number of nitrogens with two attached hydrogens (primary N) is 1. The van der Waals surface area contributed by atoms with Crippen molar-refractivity contribution < 1.29 is 4.74 Å². The van der Waals surface area contributed by atoms with Gasteiger partial charge in [-0.15, -0.1) is 0 Å². The number of aryl methyl sites for hydroxylation is 1. The van der Waals surface area contributed by atoms with E-state index in [9.17, 15) is 0 Å². The monoisotopic (exact) mass is 227 g/mol. The lowest BCUT2D eigenvalue weighted by atomic mass is 9.78. The van der Waals surface area contributed by atoms with E-state index >= 15 is 0 Å². The maximum absolute atomic E-state index is 8.92. The molecule has 17 heavy (non-hydrogen) atoms. The molecule has 4 nitrogen and oxygen atoms in total. The molecule has 0 saturated carbocycles. The highest BCUT2D eigenvalue weighted by atomic mass is 16.5. The predicted molar refractivity (Wildman–Crippen MR) is 63.5 cm³/mol. The Bertz CT molecular complexity index is 544. The van der Waals surface area contributed by atoms with Gasteiger partial charge in [-0.05, 0) is 36.1 Å². The van der Waals surface area contributed by atoms with E-state index in [1.54, 1.807) is 0 Å². The van der Waals surface area contributed by atoms with Crippen LogP contribution in [0.4, 0.5) is 0 Å². The smallest absolute Gasteiger partial charge is 0.282 e. The van der Waals surface area contributed by atoms with Crippen molar-refractivity contribution >= 4 is 6.02 Å². The lowest BCUT2D eigenvalue weighted by Crippen LogP contribution is -2.35. The minimum atomic E-state index is -0.189. The number of fused-ring (bicyclic) bond motifs is 1. The van der Waals surface area contributed by atoms with Crippen LogP contribution in [0.25, 0.3) is 0 Å². The van der Waals surface area contributed by atoms with Gasteiger partial charge in [0.25, 0.3) is 6.02 Å². The molecule has 1 unspecified atom stereocenters. The molecule has 1 aliphatic carbocycles. The molecule has 2 N–H and O–H groups in total. The third-order valence-electron chi connectivity index (χ3n) is 3.55. The highest BCUT2D eigenvalue weighted by Gasteiger charge is 2.39. The summed E-state index contributed by atoms with van der Waals surface area (Å²) in [6.45, 7) is 0.565. The summed E-state index contributed by atoms with van der Waals surface area (Å²) in [6, 6.07) is 8.35. The zero-order valence-corrected chi connectivity index (χ0v) is 9.44. The van der Waals surface area contributed by atoms with Crippen molar-refractivity contribution in [1.29, 1.82) is 5.26 Å². The number of aliphatic imine (C=N–C) groups is 1. The molecule has 2 aliphatic rings. The number of hydrogen-bond acceptors (Lipinski definition) is 4. The van der Waals surface area contributed by atoms with Crippen LogP contribution in [-0.4, -0.2) is 18.2 Å². The lowest BCUT2D eigenvalue weighted by Gasteiger charge is -2.30. The van der Waals surface area contributed by atoms with Gasteiger partial charge in [-0.25, -0.2) is 4.99 Å².